The number of hydrogen-bond donors (Lipinski definition) is 0. The molecular weight excluding hydrogens is 245 g/mol. The van der Waals surface area contributed by atoms with Crippen molar-refractivity contribution in [1.29, 1.82) is 0 Å². The maximum atomic E-state index is 9.75. The first-order valence-electron chi connectivity index (χ1n) is 5.40. The van der Waals surface area contributed by atoms with E-state index in [1.807, 2.05) is 6.07 Å². The van der Waals surface area contributed by atoms with Crippen LogP contribution in [0.5, 0.6) is 0 Å². The minimum absolute atomic E-state index is 0. The number of benzene rings is 1. The van der Waals surface area contributed by atoms with Gasteiger partial charge in [0.15, 0.2) is 0 Å². The molecule has 98 valence electrons. The summed E-state index contributed by atoms with van der Waals surface area (Å²) in [5, 5.41) is 0. The molecule has 1 aromatic rings. The molecular formula is C12H14BF4N. The average molecular weight is 259 g/mol. The average Bonchev–Trinajstić information content (AvgIpc) is 2.29. The molecule has 0 fully saturated rings. The molecule has 0 unspecified atom stereocenters. The number of nitrogens with zero attached hydrogens (tertiary/aromatic N) is 1. The van der Waals surface area contributed by atoms with Crippen LogP contribution in [0.4, 0.5) is 23.0 Å². The van der Waals surface area contributed by atoms with Gasteiger partial charge in [0.1, 0.15) is 0 Å². The van der Waals surface area contributed by atoms with E-state index in [0.29, 0.717) is 0 Å². The van der Waals surface area contributed by atoms with Crippen molar-refractivity contribution in [2.45, 2.75) is 6.92 Å². The van der Waals surface area contributed by atoms with Gasteiger partial charge in [-0.3, -0.25) is 0 Å². The first kappa shape index (κ1) is 14.3. The smallest absolute Gasteiger partial charge is 0.418 e. The van der Waals surface area contributed by atoms with Crippen molar-refractivity contribution in [3.05, 3.63) is 54.3 Å². The molecule has 1 aliphatic rings. The Bertz CT molecular complexity index is 425. The molecule has 0 aromatic heterocycles. The maximum Gasteiger partial charge on any atom is 1.00 e. The Morgan fingerprint density at radius 1 is 1.11 bits per heavy atom. The predicted octanol–water partition coefficient (Wildman–Crippen LogP) is 4.38. The van der Waals surface area contributed by atoms with E-state index >= 15 is 0 Å². The van der Waals surface area contributed by atoms with Crippen molar-refractivity contribution < 1.29 is 18.7 Å². The van der Waals surface area contributed by atoms with Crippen LogP contribution in [0.25, 0.3) is 0 Å². The number of halogens is 4. The molecule has 18 heavy (non-hydrogen) atoms. The molecule has 0 amide bonds. The lowest BCUT2D eigenvalue weighted by atomic mass is 10.2. The van der Waals surface area contributed by atoms with Crippen molar-refractivity contribution in [2.75, 3.05) is 11.4 Å². The van der Waals surface area contributed by atoms with E-state index in [9.17, 15) is 17.3 Å². The summed E-state index contributed by atoms with van der Waals surface area (Å²) in [5.41, 5.74) is 2.59. The molecule has 0 saturated carbocycles. The van der Waals surface area contributed by atoms with Gasteiger partial charge >= 0.3 is 8.68 Å². The molecule has 0 saturated heterocycles. The molecule has 1 heterocycles. The number of rotatable bonds is 1. The number of anilines is 1. The monoisotopic (exact) mass is 259 g/mol. The van der Waals surface area contributed by atoms with Crippen molar-refractivity contribution in [2.24, 2.45) is 0 Å². The molecule has 1 nitrogen and oxygen atoms in total. The molecule has 0 bridgehead atoms. The second-order valence-electron chi connectivity index (χ2n) is 3.75. The molecule has 0 aliphatic carbocycles. The van der Waals surface area contributed by atoms with Crippen LogP contribution in [0.15, 0.2) is 54.3 Å². The second-order valence-corrected chi connectivity index (χ2v) is 3.75. The van der Waals surface area contributed by atoms with Crippen LogP contribution in [-0.2, 0) is 0 Å². The predicted molar refractivity (Wildman–Crippen MR) is 68.0 cm³/mol. The summed E-state index contributed by atoms with van der Waals surface area (Å²) in [6, 6.07) is 10.4. The summed E-state index contributed by atoms with van der Waals surface area (Å²) >= 11 is 0. The van der Waals surface area contributed by atoms with Gasteiger partial charge in [-0.1, -0.05) is 29.8 Å². The molecule has 1 aliphatic heterocycles. The van der Waals surface area contributed by atoms with Gasteiger partial charge in [-0.15, -0.1) is 0 Å². The third-order valence-electron chi connectivity index (χ3n) is 2.22. The Labute approximate surface area is 105 Å². The van der Waals surface area contributed by atoms with E-state index in [2.05, 4.69) is 54.4 Å². The fourth-order valence-electron chi connectivity index (χ4n) is 1.39. The summed E-state index contributed by atoms with van der Waals surface area (Å²) in [4.78, 5) is 2.23. The lowest BCUT2D eigenvalue weighted by Crippen LogP contribution is -2.18. The zero-order chi connectivity index (χ0) is 13.6. The summed E-state index contributed by atoms with van der Waals surface area (Å²) in [7, 11) is -6.00. The molecule has 0 spiro atoms. The van der Waals surface area contributed by atoms with Gasteiger partial charge in [-0.2, -0.15) is 0 Å². The van der Waals surface area contributed by atoms with E-state index in [4.69, 9.17) is 0 Å². The zero-order valence-electron chi connectivity index (χ0n) is 10.9. The topological polar surface area (TPSA) is 3.24 Å². The van der Waals surface area contributed by atoms with Crippen molar-refractivity contribution in [3.8, 4) is 0 Å². The zero-order valence-corrected chi connectivity index (χ0v) is 9.86. The van der Waals surface area contributed by atoms with Gasteiger partial charge in [0.2, 0.25) is 0 Å². The van der Waals surface area contributed by atoms with E-state index in [0.717, 1.165) is 6.54 Å². The van der Waals surface area contributed by atoms with Crippen molar-refractivity contribution in [3.63, 3.8) is 0 Å². The third-order valence-corrected chi connectivity index (χ3v) is 2.22. The van der Waals surface area contributed by atoms with Gasteiger partial charge in [-0.05, 0) is 25.1 Å². The first-order chi connectivity index (χ1) is 8.36. The van der Waals surface area contributed by atoms with Crippen LogP contribution >= 0.6 is 0 Å². The summed E-state index contributed by atoms with van der Waals surface area (Å²) in [6.07, 6.45) is 6.49. The Morgan fingerprint density at radius 3 is 2.11 bits per heavy atom. The van der Waals surface area contributed by atoms with Crippen LogP contribution < -0.4 is 4.90 Å². The highest BCUT2D eigenvalue weighted by atomic mass is 19.5. The van der Waals surface area contributed by atoms with E-state index in [1.165, 1.54) is 11.3 Å². The van der Waals surface area contributed by atoms with Gasteiger partial charge in [-0.25, -0.2) is 0 Å². The molecule has 0 radical (unpaired) electrons. The van der Waals surface area contributed by atoms with Gasteiger partial charge in [0.05, 0.1) is 0 Å². The number of para-hydroxylation sites is 1. The second kappa shape index (κ2) is 6.28. The van der Waals surface area contributed by atoms with Gasteiger partial charge in [0.25, 0.3) is 0 Å². The Hall–Kier alpha value is -1.72. The summed E-state index contributed by atoms with van der Waals surface area (Å²) in [6.45, 7) is 3.10. The molecule has 0 N–H and O–H groups in total. The fraction of sp³-hybridized carbons (Fsp3) is 0.167. The minimum Gasteiger partial charge on any atom is -0.418 e. The fourth-order valence-corrected chi connectivity index (χ4v) is 1.39. The summed E-state index contributed by atoms with van der Waals surface area (Å²) < 4.78 is 39.0. The third kappa shape index (κ3) is 6.13. The highest BCUT2D eigenvalue weighted by Gasteiger charge is 2.20. The minimum atomic E-state index is -6.00. The van der Waals surface area contributed by atoms with Crippen LogP contribution in [0, 0.1) is 0 Å². The Morgan fingerprint density at radius 2 is 1.67 bits per heavy atom. The lowest BCUT2D eigenvalue weighted by molar-refractivity contribution is 0.368. The molecule has 6 heteroatoms. The largest absolute Gasteiger partial charge is 1.00 e. The maximum absolute atomic E-state index is 9.75. The Balaban J connectivity index is 0.000000471. The standard InChI is InChI=1S/C12H13N.BF4/c1-11-7-9-13(10-8-11)12-5-3-2-4-6-12;2-1(3,4)5/h2-9H,10H2,1H3;/q;-1/p+1. The van der Waals surface area contributed by atoms with E-state index in [1.54, 1.807) is 0 Å². The molecule has 2 rings (SSSR count). The van der Waals surface area contributed by atoms with Crippen LogP contribution in [0.2, 0.25) is 0 Å². The van der Waals surface area contributed by atoms with Gasteiger partial charge < -0.3 is 22.2 Å². The van der Waals surface area contributed by atoms with Crippen LogP contribution in [0.3, 0.4) is 0 Å². The van der Waals surface area contributed by atoms with Crippen LogP contribution in [0.1, 0.15) is 8.35 Å². The van der Waals surface area contributed by atoms with Crippen LogP contribution in [-0.4, -0.2) is 13.8 Å². The van der Waals surface area contributed by atoms with E-state index < -0.39 is 7.25 Å². The SMILES string of the molecule is CC1=CCN(c2ccccc2)C=C1.F[B-](F)(F)F.[H+]. The van der Waals surface area contributed by atoms with Gasteiger partial charge in [0, 0.05) is 18.4 Å². The molecule has 0 atom stereocenters. The highest BCUT2D eigenvalue weighted by molar-refractivity contribution is 6.50. The van der Waals surface area contributed by atoms with E-state index in [-0.39, 0.29) is 1.43 Å². The number of allylic oxidation sites excluding steroid dienone is 2. The molecule has 1 aromatic carbocycles. The normalized spacial score (nSPS) is 14.7. The number of hydrogen-bond acceptors (Lipinski definition) is 1. The lowest BCUT2D eigenvalue weighted by Gasteiger charge is -2.21. The quantitative estimate of drug-likeness (QED) is 0.534. The summed E-state index contributed by atoms with van der Waals surface area (Å²) in [5.74, 6) is 0. The van der Waals surface area contributed by atoms with Crippen molar-refractivity contribution in [1.82, 2.24) is 0 Å². The Kier molecular flexibility index (Phi) is 5.01. The first-order valence-corrected chi connectivity index (χ1v) is 5.40. The highest BCUT2D eigenvalue weighted by Crippen LogP contribution is 2.16. The van der Waals surface area contributed by atoms with Crippen molar-refractivity contribution >= 4 is 12.9 Å².